The van der Waals surface area contributed by atoms with Gasteiger partial charge >= 0.3 is 5.97 Å². The summed E-state index contributed by atoms with van der Waals surface area (Å²) in [6.45, 7) is 4.27. The fourth-order valence-electron chi connectivity index (χ4n) is 2.31. The zero-order chi connectivity index (χ0) is 15.5. The van der Waals surface area contributed by atoms with E-state index in [4.69, 9.17) is 4.74 Å². The molecule has 0 unspecified atom stereocenters. The third-order valence-electron chi connectivity index (χ3n) is 3.41. The molecular weight excluding hydrogens is 292 g/mol. The molecule has 116 valence electrons. The molecule has 7 heteroatoms. The zero-order valence-electron chi connectivity index (χ0n) is 12.2. The number of aromatic nitrogens is 1. The van der Waals surface area contributed by atoms with Crippen LogP contribution in [-0.2, 0) is 19.6 Å². The van der Waals surface area contributed by atoms with Crippen molar-refractivity contribution >= 4 is 16.0 Å². The van der Waals surface area contributed by atoms with Crippen LogP contribution in [0, 0.1) is 5.92 Å². The standard InChI is InChI=1S/C14H20N2O4S/c1-11(2)20-14(17)12-5-8-16(9-6-12)21(18,19)13-4-3-7-15-10-13/h3-4,7,10-12H,5-6,8-9H2,1-2H3. The SMILES string of the molecule is CC(C)OC(=O)C1CCN(S(=O)(=O)c2cccnc2)CC1. The van der Waals surface area contributed by atoms with Crippen LogP contribution in [0.25, 0.3) is 0 Å². The van der Waals surface area contributed by atoms with Gasteiger partial charge in [0.15, 0.2) is 0 Å². The van der Waals surface area contributed by atoms with Gasteiger partial charge in [-0.2, -0.15) is 4.31 Å². The van der Waals surface area contributed by atoms with Crippen molar-refractivity contribution in [3.8, 4) is 0 Å². The highest BCUT2D eigenvalue weighted by molar-refractivity contribution is 7.89. The molecule has 0 bridgehead atoms. The smallest absolute Gasteiger partial charge is 0.309 e. The lowest BCUT2D eigenvalue weighted by Gasteiger charge is -2.30. The van der Waals surface area contributed by atoms with Gasteiger partial charge in [-0.05, 0) is 38.8 Å². The Balaban J connectivity index is 2.00. The number of esters is 1. The molecular formula is C14H20N2O4S. The first-order chi connectivity index (χ1) is 9.91. The minimum Gasteiger partial charge on any atom is -0.463 e. The molecule has 0 aromatic carbocycles. The monoisotopic (exact) mass is 312 g/mol. The molecule has 1 saturated heterocycles. The fourth-order valence-corrected chi connectivity index (χ4v) is 3.74. The van der Waals surface area contributed by atoms with E-state index in [9.17, 15) is 13.2 Å². The largest absolute Gasteiger partial charge is 0.463 e. The van der Waals surface area contributed by atoms with Crippen LogP contribution < -0.4 is 0 Å². The highest BCUT2D eigenvalue weighted by atomic mass is 32.2. The highest BCUT2D eigenvalue weighted by Crippen LogP contribution is 2.24. The van der Waals surface area contributed by atoms with E-state index in [1.165, 1.54) is 22.8 Å². The van der Waals surface area contributed by atoms with E-state index < -0.39 is 10.0 Å². The number of hydrogen-bond donors (Lipinski definition) is 0. The van der Waals surface area contributed by atoms with Gasteiger partial charge in [-0.25, -0.2) is 8.42 Å². The van der Waals surface area contributed by atoms with Crippen LogP contribution in [0.3, 0.4) is 0 Å². The Kier molecular flexibility index (Phi) is 4.95. The average Bonchev–Trinajstić information content (AvgIpc) is 2.47. The van der Waals surface area contributed by atoms with E-state index in [0.717, 1.165) is 0 Å². The summed E-state index contributed by atoms with van der Waals surface area (Å²) in [5, 5.41) is 0. The maximum atomic E-state index is 12.4. The van der Waals surface area contributed by atoms with Gasteiger partial charge in [-0.15, -0.1) is 0 Å². The fraction of sp³-hybridized carbons (Fsp3) is 0.571. The molecule has 1 aromatic heterocycles. The van der Waals surface area contributed by atoms with Crippen molar-refractivity contribution in [3.63, 3.8) is 0 Å². The molecule has 0 amide bonds. The molecule has 1 fully saturated rings. The second-order valence-corrected chi connectivity index (χ2v) is 7.29. The van der Waals surface area contributed by atoms with Gasteiger partial charge in [0.2, 0.25) is 10.0 Å². The Morgan fingerprint density at radius 2 is 2.05 bits per heavy atom. The first-order valence-corrected chi connectivity index (χ1v) is 8.46. The number of sulfonamides is 1. The van der Waals surface area contributed by atoms with E-state index in [0.29, 0.717) is 25.9 Å². The van der Waals surface area contributed by atoms with E-state index in [2.05, 4.69) is 4.98 Å². The second-order valence-electron chi connectivity index (χ2n) is 5.35. The highest BCUT2D eigenvalue weighted by Gasteiger charge is 2.33. The first kappa shape index (κ1) is 15.9. The summed E-state index contributed by atoms with van der Waals surface area (Å²) in [7, 11) is -3.52. The Hall–Kier alpha value is -1.47. The number of nitrogens with zero attached hydrogens (tertiary/aromatic N) is 2. The Labute approximate surface area is 125 Å². The molecule has 1 aliphatic rings. The molecule has 2 heterocycles. The molecule has 1 aliphatic heterocycles. The molecule has 2 rings (SSSR count). The minimum atomic E-state index is -3.52. The summed E-state index contributed by atoms with van der Waals surface area (Å²) in [5.41, 5.74) is 0. The predicted molar refractivity (Wildman–Crippen MR) is 76.9 cm³/mol. The second kappa shape index (κ2) is 6.53. The predicted octanol–water partition coefficient (Wildman–Crippen LogP) is 1.43. The molecule has 0 atom stereocenters. The summed E-state index contributed by atoms with van der Waals surface area (Å²) >= 11 is 0. The molecule has 1 aromatic rings. The van der Waals surface area contributed by atoms with Crippen molar-refractivity contribution in [3.05, 3.63) is 24.5 Å². The lowest BCUT2D eigenvalue weighted by atomic mass is 9.98. The Morgan fingerprint density at radius 1 is 1.38 bits per heavy atom. The summed E-state index contributed by atoms with van der Waals surface area (Å²) in [6, 6.07) is 3.13. The van der Waals surface area contributed by atoms with Gasteiger partial charge in [-0.1, -0.05) is 0 Å². The molecule has 21 heavy (non-hydrogen) atoms. The number of hydrogen-bond acceptors (Lipinski definition) is 5. The van der Waals surface area contributed by atoms with Gasteiger partial charge in [-0.3, -0.25) is 9.78 Å². The van der Waals surface area contributed by atoms with Gasteiger partial charge in [0, 0.05) is 25.5 Å². The van der Waals surface area contributed by atoms with E-state index in [1.54, 1.807) is 19.9 Å². The molecule has 0 N–H and O–H groups in total. The Bertz CT molecular complexity index is 578. The maximum Gasteiger partial charge on any atom is 0.309 e. The lowest BCUT2D eigenvalue weighted by molar-refractivity contribution is -0.153. The molecule has 0 spiro atoms. The number of pyridine rings is 1. The van der Waals surface area contributed by atoms with Crippen LogP contribution in [0.4, 0.5) is 0 Å². The van der Waals surface area contributed by atoms with Crippen LogP contribution in [-0.4, -0.2) is 42.9 Å². The molecule has 0 saturated carbocycles. The van der Waals surface area contributed by atoms with E-state index in [-0.39, 0.29) is 22.9 Å². The van der Waals surface area contributed by atoms with Gasteiger partial charge in [0.1, 0.15) is 4.90 Å². The van der Waals surface area contributed by atoms with Crippen LogP contribution >= 0.6 is 0 Å². The van der Waals surface area contributed by atoms with Crippen molar-refractivity contribution < 1.29 is 17.9 Å². The third-order valence-corrected chi connectivity index (χ3v) is 5.29. The van der Waals surface area contributed by atoms with Crippen molar-refractivity contribution in [2.45, 2.75) is 37.7 Å². The molecule has 0 radical (unpaired) electrons. The molecule has 6 nitrogen and oxygen atoms in total. The Morgan fingerprint density at radius 3 is 2.57 bits per heavy atom. The molecule has 0 aliphatic carbocycles. The van der Waals surface area contributed by atoms with Crippen molar-refractivity contribution in [1.29, 1.82) is 0 Å². The normalized spacial score (nSPS) is 17.9. The number of piperidine rings is 1. The maximum absolute atomic E-state index is 12.4. The number of rotatable bonds is 4. The summed E-state index contributed by atoms with van der Waals surface area (Å²) in [5.74, 6) is -0.448. The van der Waals surface area contributed by atoms with Crippen LogP contribution in [0.1, 0.15) is 26.7 Å². The first-order valence-electron chi connectivity index (χ1n) is 7.02. The van der Waals surface area contributed by atoms with Gasteiger partial charge < -0.3 is 4.74 Å². The summed E-state index contributed by atoms with van der Waals surface area (Å²) < 4.78 is 31.4. The van der Waals surface area contributed by atoms with Gasteiger partial charge in [0.05, 0.1) is 12.0 Å². The van der Waals surface area contributed by atoms with E-state index in [1.807, 2.05) is 0 Å². The van der Waals surface area contributed by atoms with Crippen LogP contribution in [0.5, 0.6) is 0 Å². The number of carbonyl (C=O) groups excluding carboxylic acids is 1. The quantitative estimate of drug-likeness (QED) is 0.786. The number of carbonyl (C=O) groups is 1. The van der Waals surface area contributed by atoms with E-state index >= 15 is 0 Å². The van der Waals surface area contributed by atoms with Crippen molar-refractivity contribution in [1.82, 2.24) is 9.29 Å². The van der Waals surface area contributed by atoms with Crippen molar-refractivity contribution in [2.24, 2.45) is 5.92 Å². The summed E-state index contributed by atoms with van der Waals surface area (Å²) in [6.07, 6.45) is 3.72. The average molecular weight is 312 g/mol. The minimum absolute atomic E-state index is 0.144. The summed E-state index contributed by atoms with van der Waals surface area (Å²) in [4.78, 5) is 15.9. The van der Waals surface area contributed by atoms with Gasteiger partial charge in [0.25, 0.3) is 0 Å². The number of ether oxygens (including phenoxy) is 1. The lowest BCUT2D eigenvalue weighted by Crippen LogP contribution is -2.40. The van der Waals surface area contributed by atoms with Crippen LogP contribution in [0.2, 0.25) is 0 Å². The van der Waals surface area contributed by atoms with Crippen molar-refractivity contribution in [2.75, 3.05) is 13.1 Å². The third kappa shape index (κ3) is 3.79. The zero-order valence-corrected chi connectivity index (χ0v) is 13.0. The topological polar surface area (TPSA) is 76.6 Å². The van der Waals surface area contributed by atoms with Crippen LogP contribution in [0.15, 0.2) is 29.4 Å².